The molecule has 2 nitrogen and oxygen atoms in total. The van der Waals surface area contributed by atoms with Crippen LogP contribution in [0.15, 0.2) is 24.3 Å². The van der Waals surface area contributed by atoms with Crippen LogP contribution in [0.1, 0.15) is 24.2 Å². The molecule has 1 heterocycles. The van der Waals surface area contributed by atoms with E-state index in [0.717, 1.165) is 13.0 Å². The minimum atomic E-state index is 0.0740. The van der Waals surface area contributed by atoms with Crippen molar-refractivity contribution in [3.05, 3.63) is 35.4 Å². The molecule has 0 amide bonds. The molecule has 2 atom stereocenters. The van der Waals surface area contributed by atoms with Crippen LogP contribution in [0.5, 0.6) is 0 Å². The third-order valence-electron chi connectivity index (χ3n) is 2.84. The predicted molar refractivity (Wildman–Crippen MR) is 55.1 cm³/mol. The van der Waals surface area contributed by atoms with Crippen molar-refractivity contribution in [3.63, 3.8) is 0 Å². The molecular formula is C12H16O2. The van der Waals surface area contributed by atoms with Crippen molar-refractivity contribution >= 4 is 0 Å². The van der Waals surface area contributed by atoms with Crippen molar-refractivity contribution in [2.24, 2.45) is 5.92 Å². The van der Waals surface area contributed by atoms with Gasteiger partial charge >= 0.3 is 0 Å². The van der Waals surface area contributed by atoms with Crippen LogP contribution in [0.25, 0.3) is 0 Å². The Morgan fingerprint density at radius 1 is 1.50 bits per heavy atom. The molecule has 14 heavy (non-hydrogen) atoms. The van der Waals surface area contributed by atoms with E-state index in [1.54, 1.807) is 0 Å². The van der Waals surface area contributed by atoms with E-state index < -0.39 is 0 Å². The van der Waals surface area contributed by atoms with E-state index in [1.807, 2.05) is 13.0 Å². The van der Waals surface area contributed by atoms with Crippen LogP contribution in [0.4, 0.5) is 0 Å². The Hall–Kier alpha value is -0.860. The first-order chi connectivity index (χ1) is 6.83. The summed E-state index contributed by atoms with van der Waals surface area (Å²) in [5.74, 6) is 0.177. The topological polar surface area (TPSA) is 29.5 Å². The van der Waals surface area contributed by atoms with Gasteiger partial charge in [0.2, 0.25) is 0 Å². The van der Waals surface area contributed by atoms with Crippen LogP contribution in [-0.2, 0) is 11.2 Å². The second-order valence-electron chi connectivity index (χ2n) is 3.90. The van der Waals surface area contributed by atoms with Crippen molar-refractivity contribution < 1.29 is 9.84 Å². The molecule has 1 aromatic rings. The first-order valence-corrected chi connectivity index (χ1v) is 5.13. The van der Waals surface area contributed by atoms with E-state index in [0.29, 0.717) is 0 Å². The van der Waals surface area contributed by atoms with Crippen LogP contribution in [0.3, 0.4) is 0 Å². The number of fused-ring (bicyclic) bond motifs is 1. The van der Waals surface area contributed by atoms with Gasteiger partial charge in [-0.1, -0.05) is 31.2 Å². The fraction of sp³-hybridized carbons (Fsp3) is 0.500. The van der Waals surface area contributed by atoms with Gasteiger partial charge in [-0.2, -0.15) is 0 Å². The standard InChI is InChI=1S/C12H16O2/c1-9(8-13)12-11-5-3-2-4-10(11)6-7-14-12/h2-5,9,12-13H,6-8H2,1H3/t9-,12-/m0/s1. The predicted octanol–water partition coefficient (Wildman–Crippen LogP) is 1.93. The summed E-state index contributed by atoms with van der Waals surface area (Å²) in [6.45, 7) is 2.97. The molecule has 2 heteroatoms. The highest BCUT2D eigenvalue weighted by Gasteiger charge is 2.24. The third kappa shape index (κ3) is 1.68. The average molecular weight is 192 g/mol. The lowest BCUT2D eigenvalue weighted by Gasteiger charge is -2.29. The molecule has 2 rings (SSSR count). The zero-order valence-electron chi connectivity index (χ0n) is 8.44. The summed E-state index contributed by atoms with van der Waals surface area (Å²) in [7, 11) is 0. The van der Waals surface area contributed by atoms with Crippen LogP contribution in [0.2, 0.25) is 0 Å². The van der Waals surface area contributed by atoms with Crippen LogP contribution in [0, 0.1) is 5.92 Å². The average Bonchev–Trinajstić information content (AvgIpc) is 2.27. The number of ether oxygens (including phenoxy) is 1. The molecule has 0 saturated heterocycles. The maximum absolute atomic E-state index is 9.13. The van der Waals surface area contributed by atoms with E-state index >= 15 is 0 Å². The smallest absolute Gasteiger partial charge is 0.0875 e. The monoisotopic (exact) mass is 192 g/mol. The lowest BCUT2D eigenvalue weighted by atomic mass is 9.91. The molecule has 1 aromatic carbocycles. The number of aliphatic hydroxyl groups is 1. The third-order valence-corrected chi connectivity index (χ3v) is 2.84. The Kier molecular flexibility index (Phi) is 2.85. The maximum Gasteiger partial charge on any atom is 0.0875 e. The maximum atomic E-state index is 9.13. The fourth-order valence-corrected chi connectivity index (χ4v) is 1.99. The van der Waals surface area contributed by atoms with Gasteiger partial charge in [-0.3, -0.25) is 0 Å². The lowest BCUT2D eigenvalue weighted by molar-refractivity contribution is -0.0103. The van der Waals surface area contributed by atoms with Crippen molar-refractivity contribution in [3.8, 4) is 0 Å². The highest BCUT2D eigenvalue weighted by atomic mass is 16.5. The highest BCUT2D eigenvalue weighted by Crippen LogP contribution is 2.32. The summed E-state index contributed by atoms with van der Waals surface area (Å²) < 4.78 is 5.70. The molecule has 0 aromatic heterocycles. The minimum absolute atomic E-state index is 0.0740. The molecule has 0 radical (unpaired) electrons. The van der Waals surface area contributed by atoms with Crippen LogP contribution < -0.4 is 0 Å². The van der Waals surface area contributed by atoms with Gasteiger partial charge in [0.1, 0.15) is 0 Å². The summed E-state index contributed by atoms with van der Waals surface area (Å²) in [4.78, 5) is 0. The summed E-state index contributed by atoms with van der Waals surface area (Å²) in [5, 5.41) is 9.13. The molecular weight excluding hydrogens is 176 g/mol. The first-order valence-electron chi connectivity index (χ1n) is 5.13. The minimum Gasteiger partial charge on any atom is -0.396 e. The number of rotatable bonds is 2. The summed E-state index contributed by atoms with van der Waals surface area (Å²) in [6.07, 6.45) is 1.06. The van der Waals surface area contributed by atoms with Gasteiger partial charge < -0.3 is 9.84 Å². The van der Waals surface area contributed by atoms with E-state index in [1.165, 1.54) is 11.1 Å². The Morgan fingerprint density at radius 3 is 3.07 bits per heavy atom. The highest BCUT2D eigenvalue weighted by molar-refractivity contribution is 5.31. The van der Waals surface area contributed by atoms with Gasteiger partial charge in [-0.05, 0) is 17.5 Å². The van der Waals surface area contributed by atoms with Crippen molar-refractivity contribution in [2.45, 2.75) is 19.4 Å². The van der Waals surface area contributed by atoms with Crippen molar-refractivity contribution in [2.75, 3.05) is 13.2 Å². The van der Waals surface area contributed by atoms with E-state index in [4.69, 9.17) is 9.84 Å². The van der Waals surface area contributed by atoms with Gasteiger partial charge in [0.05, 0.1) is 12.7 Å². The Balaban J connectivity index is 2.30. The Labute approximate surface area is 84.5 Å². The van der Waals surface area contributed by atoms with Crippen molar-refractivity contribution in [1.82, 2.24) is 0 Å². The quantitative estimate of drug-likeness (QED) is 0.775. The van der Waals surface area contributed by atoms with Crippen molar-refractivity contribution in [1.29, 1.82) is 0 Å². The SMILES string of the molecule is C[C@@H](CO)[C@@H]1OCCc2ccccc21. The zero-order chi connectivity index (χ0) is 9.97. The summed E-state index contributed by atoms with van der Waals surface area (Å²) in [6, 6.07) is 8.34. The molecule has 1 N–H and O–H groups in total. The Bertz CT molecular complexity index is 309. The fourth-order valence-electron chi connectivity index (χ4n) is 1.99. The normalized spacial score (nSPS) is 22.9. The van der Waals surface area contributed by atoms with E-state index in [2.05, 4.69) is 18.2 Å². The van der Waals surface area contributed by atoms with E-state index in [-0.39, 0.29) is 18.6 Å². The van der Waals surface area contributed by atoms with Gasteiger partial charge in [-0.15, -0.1) is 0 Å². The molecule has 0 unspecified atom stereocenters. The summed E-state index contributed by atoms with van der Waals surface area (Å²) in [5.41, 5.74) is 2.62. The van der Waals surface area contributed by atoms with Gasteiger partial charge in [0.15, 0.2) is 0 Å². The molecule has 0 bridgehead atoms. The molecule has 0 spiro atoms. The first kappa shape index (κ1) is 9.69. The number of benzene rings is 1. The summed E-state index contributed by atoms with van der Waals surface area (Å²) >= 11 is 0. The zero-order valence-corrected chi connectivity index (χ0v) is 8.44. The number of hydrogen-bond acceptors (Lipinski definition) is 2. The lowest BCUT2D eigenvalue weighted by Crippen LogP contribution is -2.23. The molecule has 0 saturated carbocycles. The molecule has 0 fully saturated rings. The largest absolute Gasteiger partial charge is 0.396 e. The number of aliphatic hydroxyl groups excluding tert-OH is 1. The van der Waals surface area contributed by atoms with Crippen LogP contribution >= 0.6 is 0 Å². The molecule has 76 valence electrons. The number of hydrogen-bond donors (Lipinski definition) is 1. The van der Waals surface area contributed by atoms with Gasteiger partial charge in [0.25, 0.3) is 0 Å². The van der Waals surface area contributed by atoms with Crippen LogP contribution in [-0.4, -0.2) is 18.3 Å². The molecule has 1 aliphatic heterocycles. The molecule has 0 aliphatic carbocycles. The molecule has 1 aliphatic rings. The van der Waals surface area contributed by atoms with Gasteiger partial charge in [0, 0.05) is 12.5 Å². The Morgan fingerprint density at radius 2 is 2.29 bits per heavy atom. The second-order valence-corrected chi connectivity index (χ2v) is 3.90. The van der Waals surface area contributed by atoms with E-state index in [9.17, 15) is 0 Å². The van der Waals surface area contributed by atoms with Gasteiger partial charge in [-0.25, -0.2) is 0 Å². The second kappa shape index (κ2) is 4.11.